The van der Waals surface area contributed by atoms with E-state index in [0.717, 1.165) is 56.4 Å². The van der Waals surface area contributed by atoms with Gasteiger partial charge in [-0.2, -0.15) is 0 Å². The maximum Gasteiger partial charge on any atom is 0.153 e. The third-order valence-corrected chi connectivity index (χ3v) is 5.45. The fraction of sp³-hybridized carbons (Fsp3) is 0.368. The van der Waals surface area contributed by atoms with Crippen molar-refractivity contribution in [2.45, 2.75) is 6.04 Å². The molecule has 0 saturated carbocycles. The van der Waals surface area contributed by atoms with Crippen molar-refractivity contribution in [3.63, 3.8) is 0 Å². The molecule has 0 bridgehead atoms. The van der Waals surface area contributed by atoms with Gasteiger partial charge in [0.25, 0.3) is 0 Å². The monoisotopic (exact) mass is 352 g/mol. The Morgan fingerprint density at radius 3 is 2.42 bits per heavy atom. The van der Waals surface area contributed by atoms with E-state index in [1.165, 1.54) is 12.1 Å². The van der Waals surface area contributed by atoms with E-state index in [1.807, 2.05) is 35.0 Å². The summed E-state index contributed by atoms with van der Waals surface area (Å²) in [5.41, 5.74) is 1.99. The minimum absolute atomic E-state index is 0.176. The smallest absolute Gasteiger partial charge is 0.153 e. The number of hydrogen-bond donors (Lipinski definition) is 0. The Kier molecular flexibility index (Phi) is 3.74. The molecule has 4 heterocycles. The quantitative estimate of drug-likeness (QED) is 0.720. The molecule has 2 aliphatic heterocycles. The zero-order chi connectivity index (χ0) is 17.5. The molecule has 134 valence electrons. The number of aromatic nitrogens is 3. The first-order chi connectivity index (χ1) is 12.8. The van der Waals surface area contributed by atoms with E-state index in [9.17, 15) is 4.39 Å². The van der Waals surface area contributed by atoms with Crippen LogP contribution in [0.3, 0.4) is 0 Å². The SMILES string of the molecule is Fc1ccc(N2CCN(C3CN(c4ccc5nccn5n4)C3)CC2)cc1. The molecule has 0 radical (unpaired) electrons. The van der Waals surface area contributed by atoms with Gasteiger partial charge in [-0.3, -0.25) is 4.90 Å². The second-order valence-electron chi connectivity index (χ2n) is 6.98. The van der Waals surface area contributed by atoms with Gasteiger partial charge in [0.2, 0.25) is 0 Å². The van der Waals surface area contributed by atoms with E-state index in [-0.39, 0.29) is 5.82 Å². The highest BCUT2D eigenvalue weighted by molar-refractivity contribution is 5.49. The van der Waals surface area contributed by atoms with Crippen LogP contribution < -0.4 is 9.80 Å². The fourth-order valence-electron chi connectivity index (χ4n) is 3.84. The van der Waals surface area contributed by atoms with Crippen LogP contribution in [-0.2, 0) is 0 Å². The topological polar surface area (TPSA) is 39.9 Å². The van der Waals surface area contributed by atoms with E-state index in [1.54, 1.807) is 6.20 Å². The Morgan fingerprint density at radius 2 is 1.65 bits per heavy atom. The molecule has 6 nitrogen and oxygen atoms in total. The molecule has 0 unspecified atom stereocenters. The second kappa shape index (κ2) is 6.25. The number of anilines is 2. The summed E-state index contributed by atoms with van der Waals surface area (Å²) in [6, 6.07) is 11.5. The number of nitrogens with zero attached hydrogens (tertiary/aromatic N) is 6. The van der Waals surface area contributed by atoms with Crippen LogP contribution in [0, 0.1) is 5.82 Å². The first kappa shape index (κ1) is 15.6. The average molecular weight is 352 g/mol. The standard InChI is InChI=1S/C19H21FN6/c20-15-1-3-16(4-2-15)23-9-11-24(12-10-23)17-13-25(14-17)19-6-5-18-21-7-8-26(18)22-19/h1-8,17H,9-14H2. The van der Waals surface area contributed by atoms with Gasteiger partial charge < -0.3 is 9.80 Å². The molecule has 0 spiro atoms. The van der Waals surface area contributed by atoms with E-state index in [0.29, 0.717) is 6.04 Å². The molecule has 3 aromatic rings. The number of imidazole rings is 1. The van der Waals surface area contributed by atoms with Crippen LogP contribution in [0.5, 0.6) is 0 Å². The minimum Gasteiger partial charge on any atom is -0.369 e. The molecule has 0 N–H and O–H groups in total. The van der Waals surface area contributed by atoms with Crippen molar-refractivity contribution in [3.8, 4) is 0 Å². The van der Waals surface area contributed by atoms with Crippen LogP contribution in [0.2, 0.25) is 0 Å². The number of benzene rings is 1. The Hall–Kier alpha value is -2.67. The van der Waals surface area contributed by atoms with Gasteiger partial charge in [0.1, 0.15) is 11.6 Å². The average Bonchev–Trinajstić information content (AvgIpc) is 3.10. The van der Waals surface area contributed by atoms with Gasteiger partial charge in [-0.15, -0.1) is 5.10 Å². The van der Waals surface area contributed by atoms with Crippen molar-refractivity contribution in [2.75, 3.05) is 49.1 Å². The molecule has 5 rings (SSSR count). The van der Waals surface area contributed by atoms with Crippen LogP contribution in [0.1, 0.15) is 0 Å². The lowest BCUT2D eigenvalue weighted by Gasteiger charge is -2.48. The van der Waals surface area contributed by atoms with Gasteiger partial charge in [-0.1, -0.05) is 0 Å². The van der Waals surface area contributed by atoms with Crippen molar-refractivity contribution in [1.82, 2.24) is 19.5 Å². The lowest BCUT2D eigenvalue weighted by molar-refractivity contribution is 0.156. The summed E-state index contributed by atoms with van der Waals surface area (Å²) in [6.45, 7) is 6.10. The van der Waals surface area contributed by atoms with E-state index in [4.69, 9.17) is 0 Å². The maximum absolute atomic E-state index is 13.1. The van der Waals surface area contributed by atoms with Gasteiger partial charge in [-0.25, -0.2) is 13.9 Å². The lowest BCUT2D eigenvalue weighted by atomic mass is 10.1. The summed E-state index contributed by atoms with van der Waals surface area (Å²) in [5.74, 6) is 0.834. The molecule has 2 aliphatic rings. The zero-order valence-electron chi connectivity index (χ0n) is 14.5. The van der Waals surface area contributed by atoms with Crippen LogP contribution >= 0.6 is 0 Å². The second-order valence-corrected chi connectivity index (χ2v) is 6.98. The number of hydrogen-bond acceptors (Lipinski definition) is 5. The van der Waals surface area contributed by atoms with Crippen LogP contribution in [0.25, 0.3) is 5.65 Å². The number of piperazine rings is 1. The molecule has 2 fully saturated rings. The molecule has 2 saturated heterocycles. The van der Waals surface area contributed by atoms with Crippen molar-refractivity contribution >= 4 is 17.2 Å². The van der Waals surface area contributed by atoms with Crippen LogP contribution in [-0.4, -0.2) is 64.8 Å². The molecule has 26 heavy (non-hydrogen) atoms. The first-order valence-corrected chi connectivity index (χ1v) is 9.06. The first-order valence-electron chi connectivity index (χ1n) is 9.06. The highest BCUT2D eigenvalue weighted by atomic mass is 19.1. The zero-order valence-corrected chi connectivity index (χ0v) is 14.5. The molecule has 2 aromatic heterocycles. The molecular weight excluding hydrogens is 331 g/mol. The van der Waals surface area contributed by atoms with Crippen molar-refractivity contribution in [3.05, 3.63) is 54.6 Å². The summed E-state index contributed by atoms with van der Waals surface area (Å²) < 4.78 is 14.9. The van der Waals surface area contributed by atoms with Crippen molar-refractivity contribution in [2.24, 2.45) is 0 Å². The van der Waals surface area contributed by atoms with E-state index >= 15 is 0 Å². The van der Waals surface area contributed by atoms with Gasteiger partial charge >= 0.3 is 0 Å². The third-order valence-electron chi connectivity index (χ3n) is 5.45. The largest absolute Gasteiger partial charge is 0.369 e. The van der Waals surface area contributed by atoms with Crippen LogP contribution in [0.15, 0.2) is 48.8 Å². The molecule has 0 amide bonds. The fourth-order valence-corrected chi connectivity index (χ4v) is 3.84. The minimum atomic E-state index is -0.176. The summed E-state index contributed by atoms with van der Waals surface area (Å²) in [6.07, 6.45) is 3.65. The molecule has 1 aromatic carbocycles. The highest BCUT2D eigenvalue weighted by Gasteiger charge is 2.34. The van der Waals surface area contributed by atoms with Crippen LogP contribution in [0.4, 0.5) is 15.9 Å². The molecular formula is C19H21FN6. The Morgan fingerprint density at radius 1 is 0.885 bits per heavy atom. The molecule has 0 atom stereocenters. The normalized spacial score (nSPS) is 19.1. The van der Waals surface area contributed by atoms with Crippen molar-refractivity contribution < 1.29 is 4.39 Å². The van der Waals surface area contributed by atoms with Crippen molar-refractivity contribution in [1.29, 1.82) is 0 Å². The maximum atomic E-state index is 13.1. The van der Waals surface area contributed by atoms with E-state index < -0.39 is 0 Å². The van der Waals surface area contributed by atoms with Gasteiger partial charge in [-0.05, 0) is 36.4 Å². The number of fused-ring (bicyclic) bond motifs is 1. The highest BCUT2D eigenvalue weighted by Crippen LogP contribution is 2.24. The van der Waals surface area contributed by atoms with Gasteiger partial charge in [0.05, 0.1) is 0 Å². The number of halogens is 1. The van der Waals surface area contributed by atoms with Gasteiger partial charge in [0.15, 0.2) is 5.65 Å². The Bertz CT molecular complexity index is 894. The summed E-state index contributed by atoms with van der Waals surface area (Å²) in [7, 11) is 0. The summed E-state index contributed by atoms with van der Waals surface area (Å²) in [4.78, 5) is 11.4. The van der Waals surface area contributed by atoms with Gasteiger partial charge in [0, 0.05) is 63.4 Å². The summed E-state index contributed by atoms with van der Waals surface area (Å²) in [5, 5.41) is 4.62. The predicted octanol–water partition coefficient (Wildman–Crippen LogP) is 1.88. The Balaban J connectivity index is 1.16. The summed E-state index contributed by atoms with van der Waals surface area (Å²) >= 11 is 0. The predicted molar refractivity (Wildman–Crippen MR) is 99.2 cm³/mol. The Labute approximate surface area is 151 Å². The number of rotatable bonds is 3. The molecule has 0 aliphatic carbocycles. The molecule has 7 heteroatoms. The third kappa shape index (κ3) is 2.78. The van der Waals surface area contributed by atoms with E-state index in [2.05, 4.69) is 24.8 Å². The lowest BCUT2D eigenvalue weighted by Crippen LogP contribution is -2.63.